The van der Waals surface area contributed by atoms with Crippen molar-refractivity contribution in [1.82, 2.24) is 19.4 Å². The molecule has 2 aliphatic rings. The van der Waals surface area contributed by atoms with E-state index in [0.717, 1.165) is 79.0 Å². The fourth-order valence-corrected chi connectivity index (χ4v) is 5.36. The molecule has 206 valence electrons. The van der Waals surface area contributed by atoms with Gasteiger partial charge in [0.15, 0.2) is 0 Å². The molecule has 0 bridgehead atoms. The van der Waals surface area contributed by atoms with Crippen molar-refractivity contribution in [2.75, 3.05) is 32.9 Å². The molecule has 0 radical (unpaired) electrons. The molecule has 3 aromatic rings. The second kappa shape index (κ2) is 11.2. The van der Waals surface area contributed by atoms with Gasteiger partial charge >= 0.3 is 6.09 Å². The molecule has 1 aromatic carbocycles. The van der Waals surface area contributed by atoms with Gasteiger partial charge in [0.25, 0.3) is 0 Å². The number of hydrogen-bond acceptors (Lipinski definition) is 7. The van der Waals surface area contributed by atoms with Gasteiger partial charge in [-0.25, -0.2) is 14.8 Å². The number of piperidine rings is 1. The van der Waals surface area contributed by atoms with Crippen LogP contribution in [0.4, 0.5) is 4.79 Å². The van der Waals surface area contributed by atoms with Crippen molar-refractivity contribution in [3.63, 3.8) is 0 Å². The lowest BCUT2D eigenvalue weighted by Crippen LogP contribution is -2.41. The molecule has 0 saturated carbocycles. The minimum Gasteiger partial charge on any atom is -0.493 e. The highest BCUT2D eigenvalue weighted by molar-refractivity contribution is 5.91. The van der Waals surface area contributed by atoms with Gasteiger partial charge in [-0.2, -0.15) is 5.26 Å². The summed E-state index contributed by atoms with van der Waals surface area (Å²) in [6.45, 7) is 11.2. The first kappa shape index (κ1) is 26.9. The number of aryl methyl sites for hydroxylation is 1. The van der Waals surface area contributed by atoms with E-state index in [0.29, 0.717) is 19.1 Å². The molecule has 2 aliphatic heterocycles. The Bertz CT molecular complexity index is 1370. The number of likely N-dealkylation sites (tertiary alicyclic amines) is 1. The zero-order valence-electron chi connectivity index (χ0n) is 23.3. The highest BCUT2D eigenvalue weighted by atomic mass is 16.6. The lowest BCUT2D eigenvalue weighted by Gasteiger charge is -2.33. The molecule has 1 amide bonds. The van der Waals surface area contributed by atoms with Gasteiger partial charge in [0, 0.05) is 36.8 Å². The Morgan fingerprint density at radius 2 is 1.97 bits per heavy atom. The first-order valence-corrected chi connectivity index (χ1v) is 13.8. The summed E-state index contributed by atoms with van der Waals surface area (Å²) in [6, 6.07) is 10.4. The van der Waals surface area contributed by atoms with E-state index < -0.39 is 5.60 Å². The second-order valence-corrected chi connectivity index (χ2v) is 11.5. The van der Waals surface area contributed by atoms with Crippen molar-refractivity contribution >= 4 is 17.1 Å². The monoisotopic (exact) mass is 531 g/mol. The summed E-state index contributed by atoms with van der Waals surface area (Å²) in [6.07, 6.45) is 5.58. The van der Waals surface area contributed by atoms with Crippen molar-refractivity contribution in [1.29, 1.82) is 5.26 Å². The summed E-state index contributed by atoms with van der Waals surface area (Å²) in [4.78, 5) is 23.2. The number of hydrogen-bond donors (Lipinski definition) is 0. The van der Waals surface area contributed by atoms with Gasteiger partial charge in [0.2, 0.25) is 5.82 Å². The van der Waals surface area contributed by atoms with Crippen LogP contribution in [0.3, 0.4) is 0 Å². The first-order valence-electron chi connectivity index (χ1n) is 13.8. The maximum Gasteiger partial charge on any atom is 0.410 e. The number of aromatic nitrogens is 3. The number of fused-ring (bicyclic) bond motifs is 1. The molecule has 4 heterocycles. The SMILES string of the molecule is Cc1cc(-c2nc(C#N)nc3c2ccn3C2CCOC2)ccc1OCCC1CCN(C(=O)OC(C)(C)C)CC1. The van der Waals surface area contributed by atoms with E-state index >= 15 is 0 Å². The number of carbonyl (C=O) groups excluding carboxylic acids is 1. The van der Waals surface area contributed by atoms with Crippen LogP contribution < -0.4 is 4.74 Å². The molecular formula is C30H37N5O4. The van der Waals surface area contributed by atoms with Crippen LogP contribution in [-0.4, -0.2) is 64.0 Å². The minimum absolute atomic E-state index is 0.159. The van der Waals surface area contributed by atoms with E-state index in [1.807, 2.05) is 57.0 Å². The van der Waals surface area contributed by atoms with Crippen molar-refractivity contribution in [2.24, 2.45) is 5.92 Å². The summed E-state index contributed by atoms with van der Waals surface area (Å²) in [5, 5.41) is 10.5. The van der Waals surface area contributed by atoms with Gasteiger partial charge in [-0.1, -0.05) is 0 Å². The molecule has 39 heavy (non-hydrogen) atoms. The molecule has 5 rings (SSSR count). The van der Waals surface area contributed by atoms with E-state index in [9.17, 15) is 10.1 Å². The van der Waals surface area contributed by atoms with Crippen LogP contribution in [0.25, 0.3) is 22.3 Å². The van der Waals surface area contributed by atoms with E-state index in [2.05, 4.69) is 26.7 Å². The zero-order valence-corrected chi connectivity index (χ0v) is 23.3. The van der Waals surface area contributed by atoms with Crippen LogP contribution in [0.2, 0.25) is 0 Å². The third-order valence-corrected chi connectivity index (χ3v) is 7.47. The number of rotatable bonds is 6. The van der Waals surface area contributed by atoms with Gasteiger partial charge < -0.3 is 23.7 Å². The quantitative estimate of drug-likeness (QED) is 0.405. The maximum atomic E-state index is 12.3. The summed E-state index contributed by atoms with van der Waals surface area (Å²) in [7, 11) is 0. The third kappa shape index (κ3) is 6.17. The molecule has 0 spiro atoms. The Labute approximate surface area is 229 Å². The molecule has 2 fully saturated rings. The number of nitrogens with zero attached hydrogens (tertiary/aromatic N) is 5. The summed E-state index contributed by atoms with van der Waals surface area (Å²) >= 11 is 0. The summed E-state index contributed by atoms with van der Waals surface area (Å²) in [5.41, 5.74) is 2.99. The largest absolute Gasteiger partial charge is 0.493 e. The van der Waals surface area contributed by atoms with Gasteiger partial charge in [-0.15, -0.1) is 0 Å². The van der Waals surface area contributed by atoms with Crippen LogP contribution >= 0.6 is 0 Å². The molecule has 1 atom stereocenters. The number of carbonyl (C=O) groups is 1. The molecule has 9 nitrogen and oxygen atoms in total. The fourth-order valence-electron chi connectivity index (χ4n) is 5.36. The molecule has 0 N–H and O–H groups in total. The van der Waals surface area contributed by atoms with Gasteiger partial charge in [-0.3, -0.25) is 0 Å². The Morgan fingerprint density at radius 1 is 1.18 bits per heavy atom. The second-order valence-electron chi connectivity index (χ2n) is 11.5. The van der Waals surface area contributed by atoms with E-state index in [1.54, 1.807) is 0 Å². The standard InChI is InChI=1S/C30H37N5O4/c1-20-17-22(27-24-9-14-35(23-11-15-37-19-23)28(24)33-26(18-31)32-27)5-6-25(20)38-16-10-21-7-12-34(13-8-21)29(36)39-30(2,3)4/h5-6,9,14,17,21,23H,7-8,10-13,15-16,19H2,1-4H3. The van der Waals surface area contributed by atoms with Crippen LogP contribution in [0, 0.1) is 24.2 Å². The molecule has 2 saturated heterocycles. The molecule has 9 heteroatoms. The van der Waals surface area contributed by atoms with Crippen LogP contribution in [0.5, 0.6) is 5.75 Å². The van der Waals surface area contributed by atoms with Gasteiger partial charge in [0.05, 0.1) is 24.9 Å². The van der Waals surface area contributed by atoms with Gasteiger partial charge in [-0.05, 0) is 89.1 Å². The highest BCUT2D eigenvalue weighted by Gasteiger charge is 2.27. The Morgan fingerprint density at radius 3 is 2.64 bits per heavy atom. The minimum atomic E-state index is -0.470. The Kier molecular flexibility index (Phi) is 7.76. The number of nitriles is 1. The molecule has 1 unspecified atom stereocenters. The van der Waals surface area contributed by atoms with Crippen molar-refractivity contribution < 1.29 is 19.0 Å². The Hall–Kier alpha value is -3.64. The van der Waals surface area contributed by atoms with E-state index in [-0.39, 0.29) is 18.0 Å². The predicted octanol–water partition coefficient (Wildman–Crippen LogP) is 5.66. The molecular weight excluding hydrogens is 494 g/mol. The highest BCUT2D eigenvalue weighted by Crippen LogP contribution is 2.33. The summed E-state index contributed by atoms with van der Waals surface area (Å²) < 4.78 is 19.3. The smallest absolute Gasteiger partial charge is 0.410 e. The topological polar surface area (TPSA) is 103 Å². The molecule has 0 aliphatic carbocycles. The molecule has 2 aromatic heterocycles. The third-order valence-electron chi connectivity index (χ3n) is 7.47. The number of amides is 1. The van der Waals surface area contributed by atoms with Crippen LogP contribution in [0.1, 0.15) is 63.9 Å². The van der Waals surface area contributed by atoms with Crippen LogP contribution in [0.15, 0.2) is 30.5 Å². The van der Waals surface area contributed by atoms with Crippen molar-refractivity contribution in [3.8, 4) is 23.1 Å². The average molecular weight is 532 g/mol. The Balaban J connectivity index is 1.22. The normalized spacial score (nSPS) is 18.3. The first-order chi connectivity index (χ1) is 18.7. The van der Waals surface area contributed by atoms with E-state index in [4.69, 9.17) is 14.2 Å². The van der Waals surface area contributed by atoms with Crippen LogP contribution in [-0.2, 0) is 9.47 Å². The van der Waals surface area contributed by atoms with E-state index in [1.165, 1.54) is 0 Å². The zero-order chi connectivity index (χ0) is 27.6. The lowest BCUT2D eigenvalue weighted by molar-refractivity contribution is 0.0177. The van der Waals surface area contributed by atoms with Crippen molar-refractivity contribution in [3.05, 3.63) is 41.9 Å². The fraction of sp³-hybridized carbons (Fsp3) is 0.533. The summed E-state index contributed by atoms with van der Waals surface area (Å²) in [5.74, 6) is 1.53. The lowest BCUT2D eigenvalue weighted by atomic mass is 9.94. The number of ether oxygens (including phenoxy) is 3. The average Bonchev–Trinajstić information content (AvgIpc) is 3.58. The number of benzene rings is 1. The van der Waals surface area contributed by atoms with Crippen molar-refractivity contribution in [2.45, 2.75) is 65.0 Å². The predicted molar refractivity (Wildman–Crippen MR) is 148 cm³/mol. The van der Waals surface area contributed by atoms with Gasteiger partial charge in [0.1, 0.15) is 23.1 Å². The maximum absolute atomic E-state index is 12.3.